The molecule has 1 fully saturated rings. The quantitative estimate of drug-likeness (QED) is 0.646. The highest BCUT2D eigenvalue weighted by Crippen LogP contribution is 2.44. The zero-order valence-corrected chi connectivity index (χ0v) is 18.1. The van der Waals surface area contributed by atoms with Crippen LogP contribution in [0.5, 0.6) is 0 Å². The molecule has 0 unspecified atom stereocenters. The lowest BCUT2D eigenvalue weighted by Crippen LogP contribution is -2.43. The van der Waals surface area contributed by atoms with Crippen LogP contribution in [-0.4, -0.2) is 58.6 Å². The molecule has 2 aromatic carbocycles. The first-order valence-electron chi connectivity index (χ1n) is 10.5. The van der Waals surface area contributed by atoms with Crippen LogP contribution in [0.25, 0.3) is 21.4 Å². The Bertz CT molecular complexity index is 1040. The highest BCUT2D eigenvalue weighted by molar-refractivity contribution is 8.08. The highest BCUT2D eigenvalue weighted by atomic mass is 32.2. The normalized spacial score (nSPS) is 18.8. The fraction of sp³-hybridized carbons (Fsp3) is 0.375. The van der Waals surface area contributed by atoms with Crippen molar-refractivity contribution in [3.05, 3.63) is 65.4 Å². The molecular formula is C24H28N4S. The molecule has 0 radical (unpaired) electrons. The first-order chi connectivity index (χ1) is 14.2. The summed E-state index contributed by atoms with van der Waals surface area (Å²) in [5.74, 6) is 1.16. The Labute approximate surface area is 177 Å². The summed E-state index contributed by atoms with van der Waals surface area (Å²) in [6.07, 6.45) is 3.07. The second-order valence-corrected chi connectivity index (χ2v) is 9.33. The summed E-state index contributed by atoms with van der Waals surface area (Å²) in [7, 11) is 4.23. The van der Waals surface area contributed by atoms with Gasteiger partial charge in [-0.3, -0.25) is 9.58 Å². The van der Waals surface area contributed by atoms with Gasteiger partial charge in [-0.05, 0) is 41.8 Å². The smallest absolute Gasteiger partial charge is 0.0685 e. The van der Waals surface area contributed by atoms with E-state index in [0.717, 1.165) is 18.7 Å². The molecule has 5 heteroatoms. The van der Waals surface area contributed by atoms with Gasteiger partial charge >= 0.3 is 0 Å². The predicted molar refractivity (Wildman–Crippen MR) is 124 cm³/mol. The summed E-state index contributed by atoms with van der Waals surface area (Å²) in [5.41, 5.74) is 6.79. The van der Waals surface area contributed by atoms with Gasteiger partial charge in [-0.1, -0.05) is 36.4 Å². The highest BCUT2D eigenvalue weighted by Gasteiger charge is 2.19. The molecule has 2 aliphatic rings. The number of thioether (sulfide) groups is 1. The van der Waals surface area contributed by atoms with Crippen LogP contribution < -0.4 is 0 Å². The van der Waals surface area contributed by atoms with Gasteiger partial charge in [-0.15, -0.1) is 11.8 Å². The lowest BCUT2D eigenvalue weighted by Gasteiger charge is -2.32. The third-order valence-corrected chi connectivity index (χ3v) is 7.37. The lowest BCUT2D eigenvalue weighted by molar-refractivity contribution is 0.148. The minimum Gasteiger partial charge on any atom is -0.304 e. The van der Waals surface area contributed by atoms with Crippen molar-refractivity contribution in [3.63, 3.8) is 0 Å². The van der Waals surface area contributed by atoms with Gasteiger partial charge in [0.05, 0.1) is 11.7 Å². The molecule has 0 saturated carbocycles. The van der Waals surface area contributed by atoms with Crippen LogP contribution in [0.2, 0.25) is 0 Å². The van der Waals surface area contributed by atoms with Crippen molar-refractivity contribution in [2.24, 2.45) is 7.05 Å². The summed E-state index contributed by atoms with van der Waals surface area (Å²) < 4.78 is 1.97. The minimum atomic E-state index is 1.06. The van der Waals surface area contributed by atoms with Gasteiger partial charge in [0.1, 0.15) is 0 Å². The fourth-order valence-corrected chi connectivity index (χ4v) is 5.55. The van der Waals surface area contributed by atoms with Crippen molar-refractivity contribution in [1.29, 1.82) is 0 Å². The van der Waals surface area contributed by atoms with E-state index in [-0.39, 0.29) is 0 Å². The second kappa shape index (κ2) is 7.98. The Morgan fingerprint density at radius 1 is 0.931 bits per heavy atom. The number of benzene rings is 2. The predicted octanol–water partition coefficient (Wildman–Crippen LogP) is 4.33. The largest absolute Gasteiger partial charge is 0.304 e. The van der Waals surface area contributed by atoms with E-state index in [1.54, 1.807) is 0 Å². The van der Waals surface area contributed by atoms with Gasteiger partial charge in [0.15, 0.2) is 0 Å². The summed E-state index contributed by atoms with van der Waals surface area (Å²) in [5, 5.41) is 5.60. The maximum atomic E-state index is 4.39. The van der Waals surface area contributed by atoms with Crippen LogP contribution in [-0.2, 0) is 13.6 Å². The molecule has 3 aromatic rings. The Morgan fingerprint density at radius 3 is 2.48 bits per heavy atom. The average Bonchev–Trinajstić information content (AvgIpc) is 3.37. The molecule has 0 N–H and O–H groups in total. The molecule has 0 aliphatic carbocycles. The molecule has 0 spiro atoms. The first-order valence-corrected chi connectivity index (χ1v) is 11.4. The number of hydrogen-bond acceptors (Lipinski definition) is 4. The van der Waals surface area contributed by atoms with Crippen molar-refractivity contribution < 1.29 is 0 Å². The van der Waals surface area contributed by atoms with Gasteiger partial charge in [0, 0.05) is 55.8 Å². The molecule has 2 aliphatic heterocycles. The van der Waals surface area contributed by atoms with E-state index in [2.05, 4.69) is 64.4 Å². The van der Waals surface area contributed by atoms with Gasteiger partial charge in [-0.25, -0.2) is 0 Å². The van der Waals surface area contributed by atoms with Crippen LogP contribution in [0.3, 0.4) is 0 Å². The lowest BCUT2D eigenvalue weighted by atomic mass is 9.99. The number of rotatable bonds is 4. The number of aryl methyl sites for hydroxylation is 1. The van der Waals surface area contributed by atoms with Gasteiger partial charge in [0.2, 0.25) is 0 Å². The number of fused-ring (bicyclic) bond motifs is 1. The third kappa shape index (κ3) is 3.87. The van der Waals surface area contributed by atoms with E-state index >= 15 is 0 Å². The molecular weight excluding hydrogens is 376 g/mol. The number of likely N-dealkylation sites (N-methyl/N-ethyl adjacent to an activating group) is 1. The Morgan fingerprint density at radius 2 is 1.69 bits per heavy atom. The number of nitrogens with zero attached hydrogens (tertiary/aromatic N) is 4. The Balaban J connectivity index is 1.39. The molecule has 1 saturated heterocycles. The first kappa shape index (κ1) is 18.9. The second-order valence-electron chi connectivity index (χ2n) is 8.22. The van der Waals surface area contributed by atoms with Crippen molar-refractivity contribution in [2.45, 2.75) is 13.0 Å². The van der Waals surface area contributed by atoms with Crippen molar-refractivity contribution in [3.8, 4) is 0 Å². The number of allylic oxidation sites excluding steroid dienone is 1. The third-order valence-electron chi connectivity index (χ3n) is 6.19. The monoisotopic (exact) mass is 404 g/mol. The molecule has 1 aromatic heterocycles. The van der Waals surface area contributed by atoms with Crippen LogP contribution in [0.1, 0.15) is 23.1 Å². The van der Waals surface area contributed by atoms with Crippen molar-refractivity contribution in [2.75, 3.05) is 39.0 Å². The van der Waals surface area contributed by atoms with E-state index in [0.29, 0.717) is 0 Å². The molecule has 29 heavy (non-hydrogen) atoms. The summed E-state index contributed by atoms with van der Waals surface area (Å²) >= 11 is 1.99. The topological polar surface area (TPSA) is 24.3 Å². The van der Waals surface area contributed by atoms with Crippen LogP contribution in [0.4, 0.5) is 0 Å². The molecule has 5 rings (SSSR count). The van der Waals surface area contributed by atoms with E-state index in [4.69, 9.17) is 0 Å². The zero-order valence-electron chi connectivity index (χ0n) is 17.3. The maximum absolute atomic E-state index is 4.39. The van der Waals surface area contributed by atoms with Gasteiger partial charge in [-0.2, -0.15) is 5.10 Å². The van der Waals surface area contributed by atoms with Crippen LogP contribution in [0.15, 0.2) is 48.7 Å². The molecule has 0 bridgehead atoms. The van der Waals surface area contributed by atoms with Gasteiger partial charge in [0.25, 0.3) is 0 Å². The SMILES string of the molecule is CN1CCN(Cc2ccc(C3=C(c4ccc5cnn(C)c5c4)CCS3)cc2)CC1. The zero-order chi connectivity index (χ0) is 19.8. The van der Waals surface area contributed by atoms with Crippen molar-refractivity contribution in [1.82, 2.24) is 19.6 Å². The number of piperazine rings is 1. The summed E-state index contributed by atoms with van der Waals surface area (Å²) in [6.45, 7) is 5.74. The average molecular weight is 405 g/mol. The molecule has 4 nitrogen and oxygen atoms in total. The molecule has 3 heterocycles. The Hall–Kier alpha value is -2.08. The van der Waals surface area contributed by atoms with Crippen molar-refractivity contribution >= 4 is 33.1 Å². The van der Waals surface area contributed by atoms with Crippen LogP contribution in [0, 0.1) is 0 Å². The van der Waals surface area contributed by atoms with E-state index in [9.17, 15) is 0 Å². The summed E-state index contributed by atoms with van der Waals surface area (Å²) in [4.78, 5) is 6.42. The summed E-state index contributed by atoms with van der Waals surface area (Å²) in [6, 6.07) is 16.0. The van der Waals surface area contributed by atoms with Crippen LogP contribution >= 0.6 is 11.8 Å². The minimum absolute atomic E-state index is 1.06. The maximum Gasteiger partial charge on any atom is 0.0685 e. The van der Waals surface area contributed by atoms with E-state index in [1.807, 2.05) is 29.7 Å². The Kier molecular flexibility index (Phi) is 5.20. The van der Waals surface area contributed by atoms with E-state index < -0.39 is 0 Å². The number of hydrogen-bond donors (Lipinski definition) is 0. The number of aromatic nitrogens is 2. The molecule has 0 atom stereocenters. The fourth-order valence-electron chi connectivity index (χ4n) is 4.35. The molecule has 150 valence electrons. The molecule has 0 amide bonds. The van der Waals surface area contributed by atoms with Gasteiger partial charge < -0.3 is 4.90 Å². The van der Waals surface area contributed by atoms with E-state index in [1.165, 1.54) is 64.3 Å². The standard InChI is InChI=1S/C24H28N4S/c1-26-10-12-28(13-11-26)17-18-3-5-19(6-4-18)24-22(9-14-29-24)20-7-8-21-16-25-27(2)23(21)15-20/h3-8,15-16H,9-14,17H2,1-2H3.